The summed E-state index contributed by atoms with van der Waals surface area (Å²) >= 11 is 0. The van der Waals surface area contributed by atoms with Crippen LogP contribution < -0.4 is 0 Å². The highest BCUT2D eigenvalue weighted by molar-refractivity contribution is 6.04. The molecule has 3 rings (SSSR count). The van der Waals surface area contributed by atoms with Gasteiger partial charge in [-0.05, 0) is 6.07 Å². The van der Waals surface area contributed by atoms with Crippen molar-refractivity contribution in [1.29, 1.82) is 0 Å². The van der Waals surface area contributed by atoms with Crippen molar-refractivity contribution < 1.29 is 9.90 Å². The van der Waals surface area contributed by atoms with E-state index in [0.29, 0.717) is 5.56 Å². The van der Waals surface area contributed by atoms with Gasteiger partial charge in [-0.1, -0.05) is 18.2 Å². The molecule has 0 aliphatic rings. The number of rotatable bonds is 2. The van der Waals surface area contributed by atoms with E-state index in [-0.39, 0.29) is 12.4 Å². The third-order valence-corrected chi connectivity index (χ3v) is 2.91. The minimum atomic E-state index is -0.922. The maximum Gasteiger partial charge on any atom is 0.337 e. The van der Waals surface area contributed by atoms with E-state index in [4.69, 9.17) is 0 Å². The van der Waals surface area contributed by atoms with Crippen LogP contribution in [0.5, 0.6) is 0 Å². The summed E-state index contributed by atoms with van der Waals surface area (Å²) < 4.78 is 3.52. The third kappa shape index (κ3) is 2.08. The molecule has 0 spiro atoms. The van der Waals surface area contributed by atoms with Gasteiger partial charge in [0.1, 0.15) is 0 Å². The third-order valence-electron chi connectivity index (χ3n) is 2.91. The number of para-hydroxylation sites is 1. The van der Waals surface area contributed by atoms with Gasteiger partial charge in [0.2, 0.25) is 0 Å². The molecule has 0 fully saturated rings. The second-order valence-corrected chi connectivity index (χ2v) is 4.11. The lowest BCUT2D eigenvalue weighted by Gasteiger charge is -1.99. The van der Waals surface area contributed by atoms with Crippen LogP contribution in [0.3, 0.4) is 0 Å². The molecule has 19 heavy (non-hydrogen) atoms. The number of nitrogens with zero attached hydrogens (tertiary/aromatic N) is 3. The number of benzene rings is 1. The number of halogens is 1. The molecule has 1 N–H and O–H groups in total. The topological polar surface area (TPSA) is 60.0 Å². The standard InChI is InChI=1S/C13H11N3O2.ClH/c1-15-7-9(6-14-15)16-8-11(13(17)18)10-4-2-3-5-12(10)16;/h2-8H,1H3,(H,17,18);1H. The molecule has 0 aliphatic carbocycles. The number of carboxylic acid groups (broad SMARTS) is 1. The summed E-state index contributed by atoms with van der Waals surface area (Å²) in [6, 6.07) is 7.43. The van der Waals surface area contributed by atoms with Crippen molar-refractivity contribution in [3.63, 3.8) is 0 Å². The zero-order valence-electron chi connectivity index (χ0n) is 10.1. The molecule has 0 radical (unpaired) electrons. The average molecular weight is 278 g/mol. The van der Waals surface area contributed by atoms with Gasteiger partial charge in [0.05, 0.1) is 23.0 Å². The van der Waals surface area contributed by atoms with Gasteiger partial charge >= 0.3 is 5.97 Å². The Labute approximate surface area is 115 Å². The average Bonchev–Trinajstić information content (AvgIpc) is 2.92. The van der Waals surface area contributed by atoms with Crippen molar-refractivity contribution in [2.45, 2.75) is 0 Å². The van der Waals surface area contributed by atoms with Gasteiger partial charge in [-0.3, -0.25) is 4.68 Å². The quantitative estimate of drug-likeness (QED) is 0.783. The summed E-state index contributed by atoms with van der Waals surface area (Å²) in [5, 5.41) is 14.0. The molecule has 0 atom stereocenters. The molecule has 2 aromatic heterocycles. The number of carboxylic acids is 1. The minimum Gasteiger partial charge on any atom is -0.478 e. The lowest BCUT2D eigenvalue weighted by Crippen LogP contribution is -1.94. The van der Waals surface area contributed by atoms with Crippen molar-refractivity contribution in [3.8, 4) is 5.69 Å². The van der Waals surface area contributed by atoms with Crippen molar-refractivity contribution in [1.82, 2.24) is 14.3 Å². The number of aromatic nitrogens is 3. The maximum atomic E-state index is 11.2. The van der Waals surface area contributed by atoms with Gasteiger partial charge in [-0.2, -0.15) is 5.10 Å². The van der Waals surface area contributed by atoms with Crippen molar-refractivity contribution in [2.75, 3.05) is 0 Å². The smallest absolute Gasteiger partial charge is 0.337 e. The van der Waals surface area contributed by atoms with Crippen molar-refractivity contribution in [3.05, 3.63) is 48.4 Å². The summed E-state index contributed by atoms with van der Waals surface area (Å²) in [4.78, 5) is 11.2. The highest BCUT2D eigenvalue weighted by Gasteiger charge is 2.14. The van der Waals surface area contributed by atoms with E-state index in [0.717, 1.165) is 16.6 Å². The lowest BCUT2D eigenvalue weighted by molar-refractivity contribution is 0.0699. The Morgan fingerprint density at radius 1 is 1.26 bits per heavy atom. The molecule has 0 saturated heterocycles. The van der Waals surface area contributed by atoms with Crippen LogP contribution in [0.25, 0.3) is 16.6 Å². The summed E-state index contributed by atoms with van der Waals surface area (Å²) in [5.74, 6) is -0.922. The van der Waals surface area contributed by atoms with E-state index in [1.165, 1.54) is 0 Å². The Kier molecular flexibility index (Phi) is 3.31. The Balaban J connectivity index is 0.00000133. The summed E-state index contributed by atoms with van der Waals surface area (Å²) in [7, 11) is 1.83. The number of fused-ring (bicyclic) bond motifs is 1. The molecule has 0 aliphatic heterocycles. The van der Waals surface area contributed by atoms with Gasteiger partial charge in [0.25, 0.3) is 0 Å². The maximum absolute atomic E-state index is 11.2. The van der Waals surface area contributed by atoms with Crippen LogP contribution in [0.1, 0.15) is 10.4 Å². The molecule has 5 nitrogen and oxygen atoms in total. The predicted molar refractivity (Wildman–Crippen MR) is 74.2 cm³/mol. The van der Waals surface area contributed by atoms with Gasteiger partial charge in [-0.25, -0.2) is 4.79 Å². The van der Waals surface area contributed by atoms with Crippen LogP contribution >= 0.6 is 12.4 Å². The number of aryl methyl sites for hydroxylation is 1. The Hall–Kier alpha value is -2.27. The first kappa shape index (κ1) is 13.2. The van der Waals surface area contributed by atoms with Gasteiger partial charge < -0.3 is 9.67 Å². The van der Waals surface area contributed by atoms with Gasteiger partial charge in [0, 0.05) is 24.8 Å². The summed E-state index contributed by atoms with van der Waals surface area (Å²) in [6.45, 7) is 0. The number of hydrogen-bond donors (Lipinski definition) is 1. The minimum absolute atomic E-state index is 0. The number of aromatic carboxylic acids is 1. The zero-order chi connectivity index (χ0) is 12.7. The predicted octanol–water partition coefficient (Wildman–Crippen LogP) is 2.48. The van der Waals surface area contributed by atoms with Gasteiger partial charge in [-0.15, -0.1) is 12.4 Å². The molecular formula is C13H12ClN3O2. The second-order valence-electron chi connectivity index (χ2n) is 4.11. The molecule has 3 aromatic rings. The van der Waals surface area contributed by atoms with E-state index in [9.17, 15) is 9.90 Å². The van der Waals surface area contributed by atoms with Crippen LogP contribution in [0, 0.1) is 0 Å². The van der Waals surface area contributed by atoms with Crippen LogP contribution in [0.4, 0.5) is 0 Å². The first-order valence-electron chi connectivity index (χ1n) is 5.49. The van der Waals surface area contributed by atoms with E-state index < -0.39 is 5.97 Å². The molecular weight excluding hydrogens is 266 g/mol. The molecule has 6 heteroatoms. The van der Waals surface area contributed by atoms with Crippen LogP contribution in [-0.4, -0.2) is 25.4 Å². The first-order chi connectivity index (χ1) is 8.66. The molecule has 0 saturated carbocycles. The largest absolute Gasteiger partial charge is 0.478 e. The van der Waals surface area contributed by atoms with Crippen LogP contribution in [-0.2, 0) is 7.05 Å². The highest BCUT2D eigenvalue weighted by atomic mass is 35.5. The fourth-order valence-electron chi connectivity index (χ4n) is 2.10. The van der Waals surface area contributed by atoms with Crippen LogP contribution in [0.15, 0.2) is 42.9 Å². The van der Waals surface area contributed by atoms with Crippen molar-refractivity contribution in [2.24, 2.45) is 7.05 Å². The Morgan fingerprint density at radius 2 is 2.00 bits per heavy atom. The molecule has 0 amide bonds. The Bertz CT molecular complexity index is 745. The first-order valence-corrected chi connectivity index (χ1v) is 5.49. The monoisotopic (exact) mass is 277 g/mol. The Morgan fingerprint density at radius 3 is 2.63 bits per heavy atom. The second kappa shape index (κ2) is 4.78. The fraction of sp³-hybridized carbons (Fsp3) is 0.0769. The fourth-order valence-corrected chi connectivity index (χ4v) is 2.10. The SMILES string of the molecule is Cl.Cn1cc(-n2cc(C(=O)O)c3ccccc32)cn1. The van der Waals surface area contributed by atoms with Crippen molar-refractivity contribution >= 4 is 29.3 Å². The number of carbonyl (C=O) groups is 1. The van der Waals surface area contributed by atoms with Crippen LogP contribution in [0.2, 0.25) is 0 Å². The van der Waals surface area contributed by atoms with E-state index in [1.54, 1.807) is 17.1 Å². The molecule has 0 unspecified atom stereocenters. The summed E-state index contributed by atoms with van der Waals surface area (Å²) in [5.41, 5.74) is 2.01. The lowest BCUT2D eigenvalue weighted by atomic mass is 10.2. The normalized spacial score (nSPS) is 10.4. The van der Waals surface area contributed by atoms with Gasteiger partial charge in [0.15, 0.2) is 0 Å². The highest BCUT2D eigenvalue weighted by Crippen LogP contribution is 2.24. The molecule has 2 heterocycles. The molecule has 1 aromatic carbocycles. The van der Waals surface area contributed by atoms with E-state index >= 15 is 0 Å². The molecule has 0 bridgehead atoms. The van der Waals surface area contributed by atoms with E-state index in [2.05, 4.69) is 5.10 Å². The summed E-state index contributed by atoms with van der Waals surface area (Å²) in [6.07, 6.45) is 5.18. The number of hydrogen-bond acceptors (Lipinski definition) is 2. The van der Waals surface area contributed by atoms with E-state index in [1.807, 2.05) is 42.1 Å². The molecule has 98 valence electrons. The zero-order valence-corrected chi connectivity index (χ0v) is 11.0.